The monoisotopic (exact) mass is 293 g/mol. The van der Waals surface area contributed by atoms with Crippen LogP contribution in [0.5, 0.6) is 5.75 Å². The Bertz CT molecular complexity index is 598. The highest BCUT2D eigenvalue weighted by Crippen LogP contribution is 2.25. The molecule has 2 rings (SSSR count). The van der Waals surface area contributed by atoms with E-state index in [9.17, 15) is 10.2 Å². The molecule has 0 aliphatic heterocycles. The van der Waals surface area contributed by atoms with Crippen molar-refractivity contribution < 1.29 is 10.2 Å². The van der Waals surface area contributed by atoms with Gasteiger partial charge in [0.15, 0.2) is 0 Å². The van der Waals surface area contributed by atoms with Crippen molar-refractivity contribution in [2.24, 2.45) is 0 Å². The quantitative estimate of drug-likeness (QED) is 0.787. The molecule has 0 aliphatic rings. The summed E-state index contributed by atoms with van der Waals surface area (Å²) in [6.07, 6.45) is 1.60. The number of hydrogen-bond donors (Lipinski definition) is 3. The van der Waals surface area contributed by atoms with Gasteiger partial charge in [0.05, 0.1) is 18.3 Å². The second-order valence-corrected chi connectivity index (χ2v) is 5.67. The predicted octanol–water partition coefficient (Wildman–Crippen LogP) is 2.20. The van der Waals surface area contributed by atoms with Crippen molar-refractivity contribution in [2.75, 3.05) is 0 Å². The molecule has 0 radical (unpaired) electrons. The van der Waals surface area contributed by atoms with Crippen molar-refractivity contribution >= 4 is 11.3 Å². The molecule has 108 valence electrons. The Morgan fingerprint density at radius 3 is 2.75 bits per heavy atom. The molecule has 0 aromatic carbocycles. The Balaban J connectivity index is 2.12. The van der Waals surface area contributed by atoms with Gasteiger partial charge in [0.1, 0.15) is 10.8 Å². The van der Waals surface area contributed by atoms with Crippen LogP contribution >= 0.6 is 11.3 Å². The summed E-state index contributed by atoms with van der Waals surface area (Å²) in [6, 6.07) is 0.0908. The van der Waals surface area contributed by atoms with Crippen LogP contribution in [0.2, 0.25) is 0 Å². The van der Waals surface area contributed by atoms with Crippen LogP contribution in [-0.2, 0) is 13.2 Å². The van der Waals surface area contributed by atoms with Gasteiger partial charge in [-0.2, -0.15) is 0 Å². The molecule has 3 N–H and O–H groups in total. The standard InChI is InChI=1S/C14H19N3O2S/c1-8-7-20-14(17-8)10(3)16-5-12-11(6-18)4-15-9(2)13(12)19/h4,7,10,16,18-19H,5-6H2,1-3H3. The highest BCUT2D eigenvalue weighted by atomic mass is 32.1. The van der Waals surface area contributed by atoms with Gasteiger partial charge in [-0.25, -0.2) is 4.98 Å². The third-order valence-corrected chi connectivity index (χ3v) is 4.34. The number of thiazole rings is 1. The minimum atomic E-state index is -0.136. The summed E-state index contributed by atoms with van der Waals surface area (Å²) < 4.78 is 0. The minimum Gasteiger partial charge on any atom is -0.506 e. The van der Waals surface area contributed by atoms with Crippen molar-refractivity contribution in [3.8, 4) is 5.75 Å². The van der Waals surface area contributed by atoms with Crippen molar-refractivity contribution in [3.05, 3.63) is 39.1 Å². The molecule has 2 aromatic heterocycles. The molecule has 1 unspecified atom stereocenters. The first-order valence-electron chi connectivity index (χ1n) is 6.45. The fourth-order valence-electron chi connectivity index (χ4n) is 1.93. The zero-order valence-corrected chi connectivity index (χ0v) is 12.7. The van der Waals surface area contributed by atoms with Crippen molar-refractivity contribution in [1.82, 2.24) is 15.3 Å². The first-order valence-corrected chi connectivity index (χ1v) is 7.33. The molecule has 20 heavy (non-hydrogen) atoms. The maximum Gasteiger partial charge on any atom is 0.141 e. The van der Waals surface area contributed by atoms with E-state index in [4.69, 9.17) is 0 Å². The topological polar surface area (TPSA) is 78.3 Å². The summed E-state index contributed by atoms with van der Waals surface area (Å²) >= 11 is 1.61. The summed E-state index contributed by atoms with van der Waals surface area (Å²) in [6.45, 7) is 6.07. The molecule has 2 aromatic rings. The Labute approximate surface area is 122 Å². The molecular formula is C14H19N3O2S. The Kier molecular flexibility index (Phi) is 4.69. The van der Waals surface area contributed by atoms with Crippen LogP contribution in [0.1, 0.15) is 40.5 Å². The fraction of sp³-hybridized carbons (Fsp3) is 0.429. The molecule has 6 heteroatoms. The van der Waals surface area contributed by atoms with Crippen molar-refractivity contribution in [2.45, 2.75) is 40.0 Å². The van der Waals surface area contributed by atoms with Crippen LogP contribution in [0.25, 0.3) is 0 Å². The van der Waals surface area contributed by atoms with Crippen LogP contribution in [0.4, 0.5) is 0 Å². The summed E-state index contributed by atoms with van der Waals surface area (Å²) in [7, 11) is 0. The van der Waals surface area contributed by atoms with Crippen LogP contribution in [0, 0.1) is 13.8 Å². The fourth-order valence-corrected chi connectivity index (χ4v) is 2.76. The van der Waals surface area contributed by atoms with Crippen LogP contribution < -0.4 is 5.32 Å². The Morgan fingerprint density at radius 2 is 2.15 bits per heavy atom. The van der Waals surface area contributed by atoms with E-state index in [2.05, 4.69) is 15.3 Å². The van der Waals surface area contributed by atoms with Gasteiger partial charge in [-0.05, 0) is 20.8 Å². The maximum atomic E-state index is 10.1. The van der Waals surface area contributed by atoms with Gasteiger partial charge in [0.2, 0.25) is 0 Å². The van der Waals surface area contributed by atoms with E-state index in [1.54, 1.807) is 24.5 Å². The molecule has 5 nitrogen and oxygen atoms in total. The lowest BCUT2D eigenvalue weighted by atomic mass is 10.1. The summed E-state index contributed by atoms with van der Waals surface area (Å²) in [5.74, 6) is 0.145. The number of aryl methyl sites for hydroxylation is 2. The second kappa shape index (κ2) is 6.30. The normalized spacial score (nSPS) is 12.6. The molecule has 0 fully saturated rings. The van der Waals surface area contributed by atoms with E-state index >= 15 is 0 Å². The number of rotatable bonds is 5. The molecule has 0 saturated heterocycles. The predicted molar refractivity (Wildman–Crippen MR) is 78.7 cm³/mol. The van der Waals surface area contributed by atoms with Gasteiger partial charge < -0.3 is 15.5 Å². The number of aromatic hydroxyl groups is 1. The number of pyridine rings is 1. The Hall–Kier alpha value is -1.50. The van der Waals surface area contributed by atoms with E-state index in [1.807, 2.05) is 19.2 Å². The van der Waals surface area contributed by atoms with Gasteiger partial charge in [0.25, 0.3) is 0 Å². The molecule has 1 atom stereocenters. The van der Waals surface area contributed by atoms with E-state index in [-0.39, 0.29) is 18.4 Å². The van der Waals surface area contributed by atoms with Gasteiger partial charge in [0, 0.05) is 34.9 Å². The molecular weight excluding hydrogens is 274 g/mol. The molecule has 2 heterocycles. The zero-order valence-electron chi connectivity index (χ0n) is 11.8. The molecule has 0 aliphatic carbocycles. The number of hydrogen-bond acceptors (Lipinski definition) is 6. The van der Waals surface area contributed by atoms with Crippen LogP contribution in [-0.4, -0.2) is 20.2 Å². The van der Waals surface area contributed by atoms with Crippen LogP contribution in [0.3, 0.4) is 0 Å². The molecule has 0 bridgehead atoms. The lowest BCUT2D eigenvalue weighted by Crippen LogP contribution is -2.19. The number of nitrogens with one attached hydrogen (secondary N) is 1. The Morgan fingerprint density at radius 1 is 1.40 bits per heavy atom. The maximum absolute atomic E-state index is 10.1. The minimum absolute atomic E-state index is 0.0908. The zero-order chi connectivity index (χ0) is 14.7. The van der Waals surface area contributed by atoms with Crippen molar-refractivity contribution in [3.63, 3.8) is 0 Å². The lowest BCUT2D eigenvalue weighted by molar-refractivity contribution is 0.278. The third-order valence-electron chi connectivity index (χ3n) is 3.19. The average Bonchev–Trinajstić information content (AvgIpc) is 2.86. The number of aliphatic hydroxyl groups is 1. The van der Waals surface area contributed by atoms with Gasteiger partial charge in [-0.1, -0.05) is 0 Å². The SMILES string of the molecule is Cc1csc(C(C)NCc2c(CO)cnc(C)c2O)n1. The number of aliphatic hydroxyl groups excluding tert-OH is 1. The van der Waals surface area contributed by atoms with E-state index in [1.165, 1.54) is 0 Å². The van der Waals surface area contributed by atoms with Gasteiger partial charge in [-0.15, -0.1) is 11.3 Å². The summed E-state index contributed by atoms with van der Waals surface area (Å²) in [4.78, 5) is 8.49. The number of nitrogens with zero attached hydrogens (tertiary/aromatic N) is 2. The average molecular weight is 293 g/mol. The van der Waals surface area contributed by atoms with Crippen molar-refractivity contribution in [1.29, 1.82) is 0 Å². The first-order chi connectivity index (χ1) is 9.52. The van der Waals surface area contributed by atoms with Crippen LogP contribution in [0.15, 0.2) is 11.6 Å². The second-order valence-electron chi connectivity index (χ2n) is 4.78. The molecule has 0 saturated carbocycles. The highest BCUT2D eigenvalue weighted by molar-refractivity contribution is 7.09. The summed E-state index contributed by atoms with van der Waals surface area (Å²) in [5.41, 5.74) is 2.91. The molecule has 0 spiro atoms. The highest BCUT2D eigenvalue weighted by Gasteiger charge is 2.14. The smallest absolute Gasteiger partial charge is 0.141 e. The van der Waals surface area contributed by atoms with Gasteiger partial charge in [-0.3, -0.25) is 4.98 Å². The third kappa shape index (κ3) is 3.15. The first kappa shape index (κ1) is 14.9. The van der Waals surface area contributed by atoms with Gasteiger partial charge >= 0.3 is 0 Å². The molecule has 0 amide bonds. The summed E-state index contributed by atoms with van der Waals surface area (Å²) in [5, 5.41) is 25.7. The van der Waals surface area contributed by atoms with E-state index < -0.39 is 0 Å². The lowest BCUT2D eigenvalue weighted by Gasteiger charge is -2.15. The number of aromatic nitrogens is 2. The van der Waals surface area contributed by atoms with E-state index in [0.29, 0.717) is 23.4 Å². The largest absolute Gasteiger partial charge is 0.506 e. The van der Waals surface area contributed by atoms with E-state index in [0.717, 1.165) is 10.7 Å².